The lowest BCUT2D eigenvalue weighted by Crippen LogP contribution is -2.30. The molecule has 0 saturated heterocycles. The van der Waals surface area contributed by atoms with E-state index in [-0.39, 0.29) is 5.91 Å². The minimum atomic E-state index is -0.990. The third-order valence-corrected chi connectivity index (χ3v) is 2.53. The molecular formula is C11H12FNO. The van der Waals surface area contributed by atoms with Gasteiger partial charge in [-0.25, -0.2) is 4.39 Å². The van der Waals surface area contributed by atoms with E-state index < -0.39 is 12.2 Å². The number of carbonyl (C=O) groups excluding carboxylic acids is 1. The Hall–Kier alpha value is -1.38. The van der Waals surface area contributed by atoms with Crippen LogP contribution in [0.25, 0.3) is 0 Å². The first-order valence-electron chi connectivity index (χ1n) is 4.67. The van der Waals surface area contributed by atoms with Gasteiger partial charge in [-0.15, -0.1) is 0 Å². The van der Waals surface area contributed by atoms with Gasteiger partial charge in [-0.2, -0.15) is 0 Å². The molecule has 2 atom stereocenters. The molecule has 0 aromatic heterocycles. The van der Waals surface area contributed by atoms with Crippen molar-refractivity contribution in [1.29, 1.82) is 0 Å². The predicted molar refractivity (Wildman–Crippen MR) is 51.6 cm³/mol. The highest BCUT2D eigenvalue weighted by atomic mass is 19.1. The maximum atomic E-state index is 13.5. The topological polar surface area (TPSA) is 29.1 Å². The molecule has 2 unspecified atom stereocenters. The van der Waals surface area contributed by atoms with Crippen LogP contribution in [0.2, 0.25) is 0 Å². The van der Waals surface area contributed by atoms with Gasteiger partial charge in [-0.05, 0) is 11.1 Å². The number of hydrogen-bond acceptors (Lipinski definition) is 1. The first-order valence-corrected chi connectivity index (χ1v) is 4.67. The number of halogens is 1. The Morgan fingerprint density at radius 3 is 2.93 bits per heavy atom. The van der Waals surface area contributed by atoms with Gasteiger partial charge >= 0.3 is 0 Å². The molecule has 1 aliphatic carbocycles. The lowest BCUT2D eigenvalue weighted by atomic mass is 10.1. The first kappa shape index (κ1) is 9.19. The maximum Gasteiger partial charge on any atom is 0.217 e. The quantitative estimate of drug-likeness (QED) is 0.723. The summed E-state index contributed by atoms with van der Waals surface area (Å²) < 4.78 is 13.5. The first-order chi connectivity index (χ1) is 6.68. The number of nitrogens with one attached hydrogen (secondary N) is 1. The molecule has 74 valence electrons. The third-order valence-electron chi connectivity index (χ3n) is 2.53. The molecule has 1 N–H and O–H groups in total. The molecule has 1 amide bonds. The van der Waals surface area contributed by atoms with E-state index in [0.29, 0.717) is 6.42 Å². The highest BCUT2D eigenvalue weighted by Gasteiger charge is 2.32. The molecule has 1 aliphatic rings. The van der Waals surface area contributed by atoms with Crippen molar-refractivity contribution < 1.29 is 9.18 Å². The Morgan fingerprint density at radius 1 is 1.50 bits per heavy atom. The number of benzene rings is 1. The molecule has 0 saturated carbocycles. The molecule has 0 radical (unpaired) electrons. The molecule has 0 aliphatic heterocycles. The summed E-state index contributed by atoms with van der Waals surface area (Å²) in [5, 5.41) is 2.63. The molecule has 2 nitrogen and oxygen atoms in total. The molecule has 1 aromatic rings. The molecule has 0 spiro atoms. The zero-order valence-electron chi connectivity index (χ0n) is 7.96. The van der Waals surface area contributed by atoms with E-state index >= 15 is 0 Å². The van der Waals surface area contributed by atoms with Crippen LogP contribution in [-0.4, -0.2) is 12.1 Å². The van der Waals surface area contributed by atoms with Gasteiger partial charge in [0.25, 0.3) is 0 Å². The van der Waals surface area contributed by atoms with Gasteiger partial charge in [-0.1, -0.05) is 24.3 Å². The largest absolute Gasteiger partial charge is 0.347 e. The van der Waals surface area contributed by atoms with Gasteiger partial charge in [0.1, 0.15) is 6.17 Å². The van der Waals surface area contributed by atoms with Crippen LogP contribution < -0.4 is 5.32 Å². The van der Waals surface area contributed by atoms with Gasteiger partial charge in [0.2, 0.25) is 5.91 Å². The minimum Gasteiger partial charge on any atom is -0.347 e. The molecule has 3 heteroatoms. The van der Waals surface area contributed by atoms with E-state index in [1.807, 2.05) is 24.3 Å². The summed E-state index contributed by atoms with van der Waals surface area (Å²) in [5.74, 6) is -0.186. The SMILES string of the molecule is CC(=O)NC1c2ccccc2CC1F. The smallest absolute Gasteiger partial charge is 0.217 e. The van der Waals surface area contributed by atoms with Crippen molar-refractivity contribution in [3.63, 3.8) is 0 Å². The number of amides is 1. The fraction of sp³-hybridized carbons (Fsp3) is 0.364. The highest BCUT2D eigenvalue weighted by Crippen LogP contribution is 2.33. The van der Waals surface area contributed by atoms with Crippen molar-refractivity contribution in [2.75, 3.05) is 0 Å². The average Bonchev–Trinajstić information content (AvgIpc) is 2.43. The van der Waals surface area contributed by atoms with Crippen LogP contribution in [0.5, 0.6) is 0 Å². The monoisotopic (exact) mass is 193 g/mol. The van der Waals surface area contributed by atoms with Crippen LogP contribution in [0.1, 0.15) is 24.1 Å². The minimum absolute atomic E-state index is 0.186. The Kier molecular flexibility index (Phi) is 2.23. The van der Waals surface area contributed by atoms with Gasteiger partial charge < -0.3 is 5.32 Å². The number of alkyl halides is 1. The van der Waals surface area contributed by atoms with E-state index in [1.54, 1.807) is 0 Å². The molecule has 0 bridgehead atoms. The van der Waals surface area contributed by atoms with Gasteiger partial charge in [0.05, 0.1) is 6.04 Å². The Bertz CT molecular complexity index is 364. The van der Waals surface area contributed by atoms with Crippen molar-refractivity contribution in [1.82, 2.24) is 5.32 Å². The molecule has 0 fully saturated rings. The molecule has 1 aromatic carbocycles. The number of hydrogen-bond donors (Lipinski definition) is 1. The van der Waals surface area contributed by atoms with Gasteiger partial charge in [-0.3, -0.25) is 4.79 Å². The maximum absolute atomic E-state index is 13.5. The van der Waals surface area contributed by atoms with Crippen molar-refractivity contribution in [2.24, 2.45) is 0 Å². The Morgan fingerprint density at radius 2 is 2.21 bits per heavy atom. The van der Waals surface area contributed by atoms with E-state index in [0.717, 1.165) is 11.1 Å². The number of carbonyl (C=O) groups is 1. The molecular weight excluding hydrogens is 181 g/mol. The summed E-state index contributed by atoms with van der Waals surface area (Å²) >= 11 is 0. The zero-order valence-corrected chi connectivity index (χ0v) is 7.96. The summed E-state index contributed by atoms with van der Waals surface area (Å²) in [6.45, 7) is 1.41. The van der Waals surface area contributed by atoms with Crippen molar-refractivity contribution in [2.45, 2.75) is 25.6 Å². The molecule has 14 heavy (non-hydrogen) atoms. The van der Waals surface area contributed by atoms with E-state index in [4.69, 9.17) is 0 Å². The van der Waals surface area contributed by atoms with Crippen LogP contribution in [0.3, 0.4) is 0 Å². The average molecular weight is 193 g/mol. The standard InChI is InChI=1S/C11H12FNO/c1-7(14)13-11-9-5-3-2-4-8(9)6-10(11)12/h2-5,10-11H,6H2,1H3,(H,13,14). The summed E-state index contributed by atoms with van der Waals surface area (Å²) in [4.78, 5) is 10.9. The second-order valence-corrected chi connectivity index (χ2v) is 3.60. The second-order valence-electron chi connectivity index (χ2n) is 3.60. The number of rotatable bonds is 1. The lowest BCUT2D eigenvalue weighted by Gasteiger charge is -2.14. The predicted octanol–water partition coefficient (Wildman–Crippen LogP) is 1.76. The van der Waals surface area contributed by atoms with E-state index in [2.05, 4.69) is 5.32 Å². The van der Waals surface area contributed by atoms with Crippen LogP contribution >= 0.6 is 0 Å². The normalized spacial score (nSPS) is 24.4. The Labute approximate surface area is 82.1 Å². The van der Waals surface area contributed by atoms with E-state index in [9.17, 15) is 9.18 Å². The Balaban J connectivity index is 2.30. The van der Waals surface area contributed by atoms with Crippen LogP contribution in [0.15, 0.2) is 24.3 Å². The molecule has 2 rings (SSSR count). The second kappa shape index (κ2) is 3.40. The summed E-state index contributed by atoms with van der Waals surface area (Å²) in [7, 11) is 0. The fourth-order valence-corrected chi connectivity index (χ4v) is 1.93. The van der Waals surface area contributed by atoms with Gasteiger partial charge in [0, 0.05) is 13.3 Å². The van der Waals surface area contributed by atoms with Crippen molar-refractivity contribution in [3.05, 3.63) is 35.4 Å². The molecule has 0 heterocycles. The fourth-order valence-electron chi connectivity index (χ4n) is 1.93. The van der Waals surface area contributed by atoms with Crippen LogP contribution in [0.4, 0.5) is 4.39 Å². The summed E-state index contributed by atoms with van der Waals surface area (Å²) in [6.07, 6.45) is -0.586. The van der Waals surface area contributed by atoms with Gasteiger partial charge in [0.15, 0.2) is 0 Å². The summed E-state index contributed by atoms with van der Waals surface area (Å²) in [5.41, 5.74) is 1.91. The van der Waals surface area contributed by atoms with Crippen LogP contribution in [-0.2, 0) is 11.2 Å². The number of fused-ring (bicyclic) bond motifs is 1. The van der Waals surface area contributed by atoms with Crippen molar-refractivity contribution in [3.8, 4) is 0 Å². The van der Waals surface area contributed by atoms with Crippen molar-refractivity contribution >= 4 is 5.91 Å². The highest BCUT2D eigenvalue weighted by molar-refractivity contribution is 5.73. The zero-order chi connectivity index (χ0) is 10.1. The van der Waals surface area contributed by atoms with E-state index in [1.165, 1.54) is 6.92 Å². The third kappa shape index (κ3) is 1.50. The lowest BCUT2D eigenvalue weighted by molar-refractivity contribution is -0.120. The van der Waals surface area contributed by atoms with Crippen LogP contribution in [0, 0.1) is 0 Å². The summed E-state index contributed by atoms with van der Waals surface area (Å²) in [6, 6.07) is 7.08.